The van der Waals surface area contributed by atoms with E-state index in [4.69, 9.17) is 4.42 Å². The standard InChI is InChI=1S/C18H27NO/c1-5-8-16(19-11-6-2)17-12-14-9-7-10-15(13(3)4)18(14)20-17/h7,9-10,12-13,16,19H,5-6,8,11H2,1-4H3. The third kappa shape index (κ3) is 3.24. The van der Waals surface area contributed by atoms with Gasteiger partial charge in [0.15, 0.2) is 0 Å². The average molecular weight is 273 g/mol. The van der Waals surface area contributed by atoms with Crippen molar-refractivity contribution in [1.82, 2.24) is 5.32 Å². The van der Waals surface area contributed by atoms with Crippen LogP contribution in [0.4, 0.5) is 0 Å². The smallest absolute Gasteiger partial charge is 0.137 e. The van der Waals surface area contributed by atoms with Crippen LogP contribution >= 0.6 is 0 Å². The zero-order valence-electron chi connectivity index (χ0n) is 13.2. The number of hydrogen-bond acceptors (Lipinski definition) is 2. The van der Waals surface area contributed by atoms with Crippen LogP contribution in [0.2, 0.25) is 0 Å². The van der Waals surface area contributed by atoms with Crippen molar-refractivity contribution >= 4 is 11.0 Å². The summed E-state index contributed by atoms with van der Waals surface area (Å²) < 4.78 is 6.21. The van der Waals surface area contributed by atoms with Crippen LogP contribution in [-0.4, -0.2) is 6.54 Å². The molecule has 110 valence electrons. The molecule has 0 aliphatic heterocycles. The number of hydrogen-bond donors (Lipinski definition) is 1. The minimum absolute atomic E-state index is 0.340. The molecule has 1 N–H and O–H groups in total. The Labute approximate surface area is 122 Å². The van der Waals surface area contributed by atoms with E-state index in [9.17, 15) is 0 Å². The summed E-state index contributed by atoms with van der Waals surface area (Å²) in [5.41, 5.74) is 2.37. The first-order chi connectivity index (χ1) is 9.67. The molecule has 0 bridgehead atoms. The van der Waals surface area contributed by atoms with E-state index in [-0.39, 0.29) is 0 Å². The van der Waals surface area contributed by atoms with Crippen molar-refractivity contribution < 1.29 is 4.42 Å². The quantitative estimate of drug-likeness (QED) is 0.731. The van der Waals surface area contributed by atoms with E-state index in [1.807, 2.05) is 0 Å². The van der Waals surface area contributed by atoms with Gasteiger partial charge in [0.05, 0.1) is 6.04 Å². The van der Waals surface area contributed by atoms with Crippen LogP contribution in [0.1, 0.15) is 70.2 Å². The predicted molar refractivity (Wildman–Crippen MR) is 86.2 cm³/mol. The molecule has 0 fully saturated rings. The van der Waals surface area contributed by atoms with Gasteiger partial charge in [0.25, 0.3) is 0 Å². The summed E-state index contributed by atoms with van der Waals surface area (Å²) in [7, 11) is 0. The van der Waals surface area contributed by atoms with Crippen molar-refractivity contribution in [1.29, 1.82) is 0 Å². The fourth-order valence-electron chi connectivity index (χ4n) is 2.68. The number of furan rings is 1. The van der Waals surface area contributed by atoms with Gasteiger partial charge >= 0.3 is 0 Å². The Kier molecular flexibility index (Phi) is 5.24. The van der Waals surface area contributed by atoms with Crippen molar-refractivity contribution in [3.63, 3.8) is 0 Å². The molecule has 1 aromatic heterocycles. The highest BCUT2D eigenvalue weighted by Gasteiger charge is 2.17. The van der Waals surface area contributed by atoms with Crippen molar-refractivity contribution in [2.24, 2.45) is 0 Å². The Morgan fingerprint density at radius 2 is 1.95 bits per heavy atom. The SMILES string of the molecule is CCCNC(CCC)c1cc2cccc(C(C)C)c2o1. The highest BCUT2D eigenvalue weighted by Crippen LogP contribution is 2.31. The van der Waals surface area contributed by atoms with Crippen molar-refractivity contribution in [2.45, 2.75) is 58.9 Å². The van der Waals surface area contributed by atoms with E-state index in [0.717, 1.165) is 37.2 Å². The van der Waals surface area contributed by atoms with Gasteiger partial charge in [0, 0.05) is 5.39 Å². The van der Waals surface area contributed by atoms with Crippen LogP contribution in [0.3, 0.4) is 0 Å². The summed E-state index contributed by atoms with van der Waals surface area (Å²) in [5, 5.41) is 4.83. The van der Waals surface area contributed by atoms with Gasteiger partial charge in [-0.3, -0.25) is 0 Å². The van der Waals surface area contributed by atoms with Gasteiger partial charge < -0.3 is 9.73 Å². The fourth-order valence-corrected chi connectivity index (χ4v) is 2.68. The van der Waals surface area contributed by atoms with Gasteiger partial charge in [0.2, 0.25) is 0 Å². The second-order valence-corrected chi connectivity index (χ2v) is 5.86. The van der Waals surface area contributed by atoms with Crippen molar-refractivity contribution in [2.75, 3.05) is 6.54 Å². The van der Waals surface area contributed by atoms with Gasteiger partial charge in [0.1, 0.15) is 11.3 Å². The van der Waals surface area contributed by atoms with Gasteiger partial charge in [-0.1, -0.05) is 52.3 Å². The summed E-state index contributed by atoms with van der Waals surface area (Å²) in [6, 6.07) is 9.01. The maximum atomic E-state index is 6.21. The molecule has 0 spiro atoms. The van der Waals surface area contributed by atoms with Crippen LogP contribution in [0.15, 0.2) is 28.7 Å². The van der Waals surface area contributed by atoms with Gasteiger partial charge in [-0.2, -0.15) is 0 Å². The lowest BCUT2D eigenvalue weighted by molar-refractivity contribution is 0.406. The Morgan fingerprint density at radius 1 is 1.15 bits per heavy atom. The van der Waals surface area contributed by atoms with Crippen LogP contribution < -0.4 is 5.32 Å². The summed E-state index contributed by atoms with van der Waals surface area (Å²) in [5.74, 6) is 1.58. The van der Waals surface area contributed by atoms with Crippen molar-refractivity contribution in [3.8, 4) is 0 Å². The molecule has 1 heterocycles. The third-order valence-electron chi connectivity index (χ3n) is 3.78. The molecule has 0 saturated carbocycles. The minimum atomic E-state index is 0.340. The highest BCUT2D eigenvalue weighted by atomic mass is 16.3. The zero-order chi connectivity index (χ0) is 14.5. The molecular formula is C18H27NO. The van der Waals surface area contributed by atoms with Crippen LogP contribution in [0.25, 0.3) is 11.0 Å². The van der Waals surface area contributed by atoms with Crippen LogP contribution in [-0.2, 0) is 0 Å². The molecule has 0 aliphatic carbocycles. The third-order valence-corrected chi connectivity index (χ3v) is 3.78. The fraction of sp³-hybridized carbons (Fsp3) is 0.556. The topological polar surface area (TPSA) is 25.2 Å². The second-order valence-electron chi connectivity index (χ2n) is 5.86. The molecule has 0 saturated heterocycles. The molecule has 1 atom stereocenters. The van der Waals surface area contributed by atoms with E-state index in [1.54, 1.807) is 0 Å². The molecule has 1 unspecified atom stereocenters. The van der Waals surface area contributed by atoms with Crippen LogP contribution in [0.5, 0.6) is 0 Å². The zero-order valence-corrected chi connectivity index (χ0v) is 13.2. The van der Waals surface area contributed by atoms with Crippen LogP contribution in [0, 0.1) is 0 Å². The van der Waals surface area contributed by atoms with Gasteiger partial charge in [-0.05, 0) is 36.9 Å². The number of nitrogens with one attached hydrogen (secondary N) is 1. The summed E-state index contributed by atoms with van der Waals surface area (Å²) in [4.78, 5) is 0. The van der Waals surface area contributed by atoms with E-state index in [1.165, 1.54) is 10.9 Å². The first kappa shape index (κ1) is 15.1. The molecule has 1 aromatic carbocycles. The molecule has 0 amide bonds. The lowest BCUT2D eigenvalue weighted by Crippen LogP contribution is -2.21. The Balaban J connectivity index is 2.35. The summed E-state index contributed by atoms with van der Waals surface area (Å²) in [6.45, 7) is 9.90. The van der Waals surface area contributed by atoms with Crippen molar-refractivity contribution in [3.05, 3.63) is 35.6 Å². The Hall–Kier alpha value is -1.28. The average Bonchev–Trinajstić information content (AvgIpc) is 2.86. The Bertz CT molecular complexity index is 541. The maximum Gasteiger partial charge on any atom is 0.137 e. The second kappa shape index (κ2) is 6.94. The first-order valence-electron chi connectivity index (χ1n) is 7.93. The predicted octanol–water partition coefficient (Wildman–Crippen LogP) is 5.40. The monoisotopic (exact) mass is 273 g/mol. The number of fused-ring (bicyclic) bond motifs is 1. The molecule has 2 heteroatoms. The molecule has 0 radical (unpaired) electrons. The highest BCUT2D eigenvalue weighted by molar-refractivity contribution is 5.81. The van der Waals surface area contributed by atoms with Gasteiger partial charge in [-0.15, -0.1) is 0 Å². The molecule has 2 aromatic rings. The molecular weight excluding hydrogens is 246 g/mol. The summed E-state index contributed by atoms with van der Waals surface area (Å²) in [6.07, 6.45) is 3.43. The molecule has 0 aliphatic rings. The molecule has 2 rings (SSSR count). The molecule has 20 heavy (non-hydrogen) atoms. The minimum Gasteiger partial charge on any atom is -0.459 e. The normalized spacial score (nSPS) is 13.2. The number of para-hydroxylation sites is 1. The molecule has 2 nitrogen and oxygen atoms in total. The first-order valence-corrected chi connectivity index (χ1v) is 7.93. The van der Waals surface area contributed by atoms with Gasteiger partial charge in [-0.25, -0.2) is 0 Å². The maximum absolute atomic E-state index is 6.21. The lowest BCUT2D eigenvalue weighted by atomic mass is 10.0. The van der Waals surface area contributed by atoms with E-state index in [0.29, 0.717) is 12.0 Å². The van der Waals surface area contributed by atoms with E-state index < -0.39 is 0 Å². The lowest BCUT2D eigenvalue weighted by Gasteiger charge is -2.15. The van der Waals surface area contributed by atoms with E-state index >= 15 is 0 Å². The number of rotatable bonds is 7. The Morgan fingerprint density at radius 3 is 2.60 bits per heavy atom. The largest absolute Gasteiger partial charge is 0.459 e. The number of benzene rings is 1. The van der Waals surface area contributed by atoms with E-state index in [2.05, 4.69) is 57.3 Å². The summed E-state index contributed by atoms with van der Waals surface area (Å²) >= 11 is 0.